The van der Waals surface area contributed by atoms with Gasteiger partial charge in [-0.15, -0.1) is 0 Å². The van der Waals surface area contributed by atoms with Gasteiger partial charge in [0.2, 0.25) is 0 Å². The minimum absolute atomic E-state index is 0.224. The summed E-state index contributed by atoms with van der Waals surface area (Å²) in [6, 6.07) is 11.4. The van der Waals surface area contributed by atoms with Crippen molar-refractivity contribution >= 4 is 41.0 Å². The van der Waals surface area contributed by atoms with Gasteiger partial charge in [-0.25, -0.2) is 9.59 Å². The summed E-state index contributed by atoms with van der Waals surface area (Å²) < 4.78 is 9.50. The maximum Gasteiger partial charge on any atom is 0.337 e. The maximum atomic E-state index is 12.1. The highest BCUT2D eigenvalue weighted by molar-refractivity contribution is 6.33. The molecule has 0 aromatic heterocycles. The van der Waals surface area contributed by atoms with Gasteiger partial charge in [0.15, 0.2) is 6.61 Å². The van der Waals surface area contributed by atoms with Crippen LogP contribution in [0.5, 0.6) is 0 Å². The summed E-state index contributed by atoms with van der Waals surface area (Å²) in [5, 5.41) is 5.23. The molecule has 0 aliphatic heterocycles. The van der Waals surface area contributed by atoms with E-state index in [0.717, 1.165) is 0 Å². The second kappa shape index (κ2) is 10.2. The van der Waals surface area contributed by atoms with Crippen LogP contribution in [0.2, 0.25) is 5.02 Å². The van der Waals surface area contributed by atoms with E-state index in [2.05, 4.69) is 15.4 Å². The average Bonchev–Trinajstić information content (AvgIpc) is 2.72. The Morgan fingerprint density at radius 1 is 1.03 bits per heavy atom. The number of benzene rings is 2. The molecule has 29 heavy (non-hydrogen) atoms. The van der Waals surface area contributed by atoms with E-state index in [4.69, 9.17) is 16.3 Å². The quantitative estimate of drug-likeness (QED) is 0.668. The van der Waals surface area contributed by atoms with Crippen LogP contribution in [0, 0.1) is 0 Å². The number of halogens is 1. The van der Waals surface area contributed by atoms with E-state index in [9.17, 15) is 19.2 Å². The van der Waals surface area contributed by atoms with Crippen LogP contribution in [-0.4, -0.2) is 43.5 Å². The Balaban J connectivity index is 1.81. The molecule has 1 atom stereocenters. The average molecular weight is 419 g/mol. The van der Waals surface area contributed by atoms with Gasteiger partial charge in [-0.3, -0.25) is 9.59 Å². The summed E-state index contributed by atoms with van der Waals surface area (Å²) in [5.41, 5.74) is 0.973. The normalized spacial score (nSPS) is 11.1. The molecule has 2 rings (SSSR count). The lowest BCUT2D eigenvalue weighted by Crippen LogP contribution is -2.40. The van der Waals surface area contributed by atoms with E-state index in [1.165, 1.54) is 44.4 Å². The van der Waals surface area contributed by atoms with Gasteiger partial charge >= 0.3 is 11.9 Å². The fourth-order valence-corrected chi connectivity index (χ4v) is 2.47. The van der Waals surface area contributed by atoms with Crippen molar-refractivity contribution in [3.05, 3.63) is 64.7 Å². The molecule has 0 fully saturated rings. The van der Waals surface area contributed by atoms with Crippen LogP contribution in [-0.2, 0) is 19.1 Å². The Morgan fingerprint density at radius 3 is 2.31 bits per heavy atom. The van der Waals surface area contributed by atoms with Crippen LogP contribution in [0.1, 0.15) is 27.6 Å². The summed E-state index contributed by atoms with van der Waals surface area (Å²) in [7, 11) is 1.27. The molecule has 0 bridgehead atoms. The standard InChI is InChI=1S/C20H19ClN2O6/c1-12(22-18(25)15-5-3-4-6-16(15)21)19(26)29-11-17(24)23-14-9-7-13(8-10-14)20(27)28-2/h3-10,12H,11H2,1-2H3,(H,22,25)(H,23,24). The molecule has 9 heteroatoms. The van der Waals surface area contributed by atoms with E-state index in [0.29, 0.717) is 11.3 Å². The summed E-state index contributed by atoms with van der Waals surface area (Å²) >= 11 is 5.94. The van der Waals surface area contributed by atoms with Crippen LogP contribution in [0.3, 0.4) is 0 Å². The SMILES string of the molecule is COC(=O)c1ccc(NC(=O)COC(=O)C(C)NC(=O)c2ccccc2Cl)cc1. The number of nitrogens with one attached hydrogen (secondary N) is 2. The molecule has 0 spiro atoms. The molecule has 1 unspecified atom stereocenters. The second-order valence-corrected chi connectivity index (χ2v) is 6.31. The van der Waals surface area contributed by atoms with Crippen LogP contribution in [0.25, 0.3) is 0 Å². The van der Waals surface area contributed by atoms with Crippen molar-refractivity contribution in [3.63, 3.8) is 0 Å². The molecule has 0 saturated heterocycles. The first kappa shape index (κ1) is 21.9. The molecule has 2 aromatic rings. The molecule has 0 heterocycles. The molecule has 2 N–H and O–H groups in total. The third-order valence-corrected chi connectivity index (χ3v) is 4.08. The molecule has 0 saturated carbocycles. The highest BCUT2D eigenvalue weighted by Gasteiger charge is 2.20. The van der Waals surface area contributed by atoms with Crippen molar-refractivity contribution < 1.29 is 28.7 Å². The third kappa shape index (κ3) is 6.32. The van der Waals surface area contributed by atoms with E-state index in [1.54, 1.807) is 18.2 Å². The van der Waals surface area contributed by atoms with E-state index in [-0.39, 0.29) is 10.6 Å². The predicted molar refractivity (Wildman–Crippen MR) is 106 cm³/mol. The zero-order valence-corrected chi connectivity index (χ0v) is 16.5. The zero-order chi connectivity index (χ0) is 21.4. The van der Waals surface area contributed by atoms with Gasteiger partial charge in [0.1, 0.15) is 6.04 Å². The van der Waals surface area contributed by atoms with Gasteiger partial charge in [-0.1, -0.05) is 23.7 Å². The molecule has 2 amide bonds. The Kier molecular flexibility index (Phi) is 7.73. The Bertz CT molecular complexity index is 913. The van der Waals surface area contributed by atoms with Gasteiger partial charge in [-0.2, -0.15) is 0 Å². The number of esters is 2. The van der Waals surface area contributed by atoms with Crippen LogP contribution in [0.15, 0.2) is 48.5 Å². The third-order valence-electron chi connectivity index (χ3n) is 3.75. The number of amides is 2. The van der Waals surface area contributed by atoms with Gasteiger partial charge in [-0.05, 0) is 43.3 Å². The molecule has 0 radical (unpaired) electrons. The first-order valence-corrected chi connectivity index (χ1v) is 8.90. The highest BCUT2D eigenvalue weighted by Crippen LogP contribution is 2.15. The van der Waals surface area contributed by atoms with Crippen LogP contribution < -0.4 is 10.6 Å². The fraction of sp³-hybridized carbons (Fsp3) is 0.200. The van der Waals surface area contributed by atoms with Crippen molar-refractivity contribution in [2.75, 3.05) is 19.0 Å². The molecule has 0 aliphatic rings. The van der Waals surface area contributed by atoms with Crippen molar-refractivity contribution in [1.82, 2.24) is 5.32 Å². The number of methoxy groups -OCH3 is 1. The maximum absolute atomic E-state index is 12.1. The Morgan fingerprint density at radius 2 is 1.69 bits per heavy atom. The highest BCUT2D eigenvalue weighted by atomic mass is 35.5. The predicted octanol–water partition coefficient (Wildman–Crippen LogP) is 2.43. The number of ether oxygens (including phenoxy) is 2. The molecule has 152 valence electrons. The number of hydrogen-bond acceptors (Lipinski definition) is 6. The minimum atomic E-state index is -0.981. The summed E-state index contributed by atoms with van der Waals surface area (Å²) in [5.74, 6) is -2.38. The zero-order valence-electron chi connectivity index (χ0n) is 15.7. The monoisotopic (exact) mass is 418 g/mol. The van der Waals surface area contributed by atoms with E-state index < -0.39 is 36.4 Å². The molecule has 2 aromatic carbocycles. The first-order valence-electron chi connectivity index (χ1n) is 8.52. The molecule has 8 nitrogen and oxygen atoms in total. The number of carbonyl (C=O) groups is 4. The fourth-order valence-electron chi connectivity index (χ4n) is 2.24. The van der Waals surface area contributed by atoms with Gasteiger partial charge in [0, 0.05) is 5.69 Å². The topological polar surface area (TPSA) is 111 Å². The van der Waals surface area contributed by atoms with Crippen molar-refractivity contribution in [1.29, 1.82) is 0 Å². The second-order valence-electron chi connectivity index (χ2n) is 5.90. The van der Waals surface area contributed by atoms with E-state index >= 15 is 0 Å². The van der Waals surface area contributed by atoms with Gasteiger partial charge in [0.05, 0.1) is 23.3 Å². The van der Waals surface area contributed by atoms with E-state index in [1.807, 2.05) is 0 Å². The number of rotatable bonds is 7. The largest absolute Gasteiger partial charge is 0.465 e. The van der Waals surface area contributed by atoms with Crippen LogP contribution in [0.4, 0.5) is 5.69 Å². The minimum Gasteiger partial charge on any atom is -0.465 e. The summed E-state index contributed by atoms with van der Waals surface area (Å²) in [6.07, 6.45) is 0. The lowest BCUT2D eigenvalue weighted by atomic mass is 10.2. The Hall–Kier alpha value is -3.39. The van der Waals surface area contributed by atoms with Crippen LogP contribution >= 0.6 is 11.6 Å². The van der Waals surface area contributed by atoms with Gasteiger partial charge < -0.3 is 20.1 Å². The number of hydrogen-bond donors (Lipinski definition) is 2. The summed E-state index contributed by atoms with van der Waals surface area (Å²) in [6.45, 7) is 0.893. The summed E-state index contributed by atoms with van der Waals surface area (Å²) in [4.78, 5) is 47.4. The lowest BCUT2D eigenvalue weighted by Gasteiger charge is -2.14. The number of carbonyl (C=O) groups excluding carboxylic acids is 4. The smallest absolute Gasteiger partial charge is 0.337 e. The van der Waals surface area contributed by atoms with Crippen molar-refractivity contribution in [3.8, 4) is 0 Å². The number of anilines is 1. The first-order chi connectivity index (χ1) is 13.8. The molecular formula is C20H19ClN2O6. The van der Waals surface area contributed by atoms with Crippen molar-refractivity contribution in [2.45, 2.75) is 13.0 Å². The molecular weight excluding hydrogens is 400 g/mol. The van der Waals surface area contributed by atoms with Crippen molar-refractivity contribution in [2.24, 2.45) is 0 Å². The Labute approximate surface area is 172 Å². The van der Waals surface area contributed by atoms with Gasteiger partial charge in [0.25, 0.3) is 11.8 Å². The lowest BCUT2D eigenvalue weighted by molar-refractivity contribution is -0.148. The molecule has 0 aliphatic carbocycles.